The molecule has 1 aliphatic rings. The van der Waals surface area contributed by atoms with Gasteiger partial charge in [0.25, 0.3) is 0 Å². The highest BCUT2D eigenvalue weighted by Gasteiger charge is 2.13. The molecule has 1 atom stereocenters. The molecule has 2 heteroatoms. The molecule has 1 N–H and O–H groups in total. The van der Waals surface area contributed by atoms with E-state index in [-0.39, 0.29) is 0 Å². The smallest absolute Gasteiger partial charge is 0.0110 e. The van der Waals surface area contributed by atoms with E-state index in [4.69, 9.17) is 0 Å². The maximum Gasteiger partial charge on any atom is 0.0110 e. The number of hydrogen-bond donors (Lipinski definition) is 1. The fourth-order valence-electron chi connectivity index (χ4n) is 1.31. The molecule has 59 valence electrons. The molecular weight excluding hydrogens is 124 g/mol. The first-order chi connectivity index (χ1) is 4.84. The minimum atomic E-state index is 0.669. The maximum atomic E-state index is 3.90. The second-order valence-corrected chi connectivity index (χ2v) is 2.92. The molecular formula is C8H17N2. The van der Waals surface area contributed by atoms with Crippen LogP contribution in [0.25, 0.3) is 0 Å². The fraction of sp³-hybridized carbons (Fsp3) is 0.875. The predicted molar refractivity (Wildman–Crippen MR) is 43.9 cm³/mol. The zero-order chi connectivity index (χ0) is 7.40. The quantitative estimate of drug-likeness (QED) is 0.602. The Hall–Kier alpha value is -0.0800. The Morgan fingerprint density at radius 1 is 1.50 bits per heavy atom. The summed E-state index contributed by atoms with van der Waals surface area (Å²) in [7, 11) is 0. The number of nitrogens with zero attached hydrogens (tertiary/aromatic N) is 1. The lowest BCUT2D eigenvalue weighted by Gasteiger charge is -2.32. The van der Waals surface area contributed by atoms with Crippen LogP contribution in [0.3, 0.4) is 0 Å². The highest BCUT2D eigenvalue weighted by atomic mass is 15.2. The second kappa shape index (κ2) is 3.94. The first-order valence-corrected chi connectivity index (χ1v) is 4.08. The summed E-state index contributed by atoms with van der Waals surface area (Å²) in [6.07, 6.45) is 1.03. The van der Waals surface area contributed by atoms with Crippen LogP contribution in [0.2, 0.25) is 0 Å². The summed E-state index contributed by atoms with van der Waals surface area (Å²) >= 11 is 0. The Labute approximate surface area is 63.6 Å². The molecule has 1 heterocycles. The van der Waals surface area contributed by atoms with Crippen LogP contribution in [0.15, 0.2) is 0 Å². The Balaban J connectivity index is 2.24. The van der Waals surface area contributed by atoms with Gasteiger partial charge in [-0.25, -0.2) is 0 Å². The second-order valence-electron chi connectivity index (χ2n) is 2.92. The molecule has 0 saturated carbocycles. The number of hydrogen-bond acceptors (Lipinski definition) is 2. The van der Waals surface area contributed by atoms with E-state index in [2.05, 4.69) is 24.1 Å². The number of nitrogens with one attached hydrogen (secondary N) is 1. The topological polar surface area (TPSA) is 15.3 Å². The van der Waals surface area contributed by atoms with Crippen molar-refractivity contribution in [3.05, 3.63) is 6.92 Å². The molecule has 1 radical (unpaired) electrons. The van der Waals surface area contributed by atoms with Crippen molar-refractivity contribution in [3.63, 3.8) is 0 Å². The summed E-state index contributed by atoms with van der Waals surface area (Å²) in [5, 5.41) is 3.33. The zero-order valence-corrected chi connectivity index (χ0v) is 6.77. The Morgan fingerprint density at radius 2 is 2.10 bits per heavy atom. The van der Waals surface area contributed by atoms with Crippen molar-refractivity contribution < 1.29 is 0 Å². The van der Waals surface area contributed by atoms with E-state index in [1.165, 1.54) is 13.1 Å². The van der Waals surface area contributed by atoms with E-state index in [9.17, 15) is 0 Å². The SMILES string of the molecule is [CH2]CC(C)N1CCNCC1. The molecule has 10 heavy (non-hydrogen) atoms. The summed E-state index contributed by atoms with van der Waals surface area (Å²) in [6.45, 7) is 10.8. The highest BCUT2D eigenvalue weighted by molar-refractivity contribution is 4.73. The van der Waals surface area contributed by atoms with Crippen LogP contribution in [0, 0.1) is 6.92 Å². The van der Waals surface area contributed by atoms with E-state index < -0.39 is 0 Å². The van der Waals surface area contributed by atoms with Crippen molar-refractivity contribution in [1.82, 2.24) is 10.2 Å². The average Bonchev–Trinajstić information content (AvgIpc) is 2.05. The third-order valence-corrected chi connectivity index (χ3v) is 2.19. The van der Waals surface area contributed by atoms with Gasteiger partial charge in [-0.1, -0.05) is 6.92 Å². The Morgan fingerprint density at radius 3 is 2.60 bits per heavy atom. The van der Waals surface area contributed by atoms with Crippen molar-refractivity contribution in [2.24, 2.45) is 0 Å². The van der Waals surface area contributed by atoms with Crippen LogP contribution < -0.4 is 5.32 Å². The molecule has 0 aliphatic carbocycles. The molecule has 1 rings (SSSR count). The van der Waals surface area contributed by atoms with Crippen LogP contribution >= 0.6 is 0 Å². The normalized spacial score (nSPS) is 24.6. The highest BCUT2D eigenvalue weighted by Crippen LogP contribution is 2.02. The lowest BCUT2D eigenvalue weighted by molar-refractivity contribution is 0.185. The number of piperazine rings is 1. The van der Waals surface area contributed by atoms with Crippen molar-refractivity contribution in [2.45, 2.75) is 19.4 Å². The summed E-state index contributed by atoms with van der Waals surface area (Å²) in [4.78, 5) is 2.49. The average molecular weight is 141 g/mol. The van der Waals surface area contributed by atoms with Crippen molar-refractivity contribution in [3.8, 4) is 0 Å². The summed E-state index contributed by atoms with van der Waals surface area (Å²) in [5.74, 6) is 0. The summed E-state index contributed by atoms with van der Waals surface area (Å²) in [5.41, 5.74) is 0. The Bertz CT molecular complexity index is 87.3. The van der Waals surface area contributed by atoms with E-state index in [0.29, 0.717) is 6.04 Å². The summed E-state index contributed by atoms with van der Waals surface area (Å²) in [6, 6.07) is 0.669. The van der Waals surface area contributed by atoms with Gasteiger partial charge < -0.3 is 5.32 Å². The third kappa shape index (κ3) is 1.96. The first-order valence-electron chi connectivity index (χ1n) is 4.08. The lowest BCUT2D eigenvalue weighted by atomic mass is 10.2. The first kappa shape index (κ1) is 8.02. The van der Waals surface area contributed by atoms with E-state index in [0.717, 1.165) is 19.5 Å². The maximum absolute atomic E-state index is 3.90. The van der Waals surface area contributed by atoms with Gasteiger partial charge in [0.15, 0.2) is 0 Å². The van der Waals surface area contributed by atoms with E-state index in [1.54, 1.807) is 0 Å². The van der Waals surface area contributed by atoms with Crippen molar-refractivity contribution in [2.75, 3.05) is 26.2 Å². The van der Waals surface area contributed by atoms with Gasteiger partial charge in [0.2, 0.25) is 0 Å². The minimum absolute atomic E-state index is 0.669. The lowest BCUT2D eigenvalue weighted by Crippen LogP contribution is -2.47. The molecule has 0 spiro atoms. The van der Waals surface area contributed by atoms with Gasteiger partial charge in [0.05, 0.1) is 0 Å². The van der Waals surface area contributed by atoms with Crippen LogP contribution in [0.4, 0.5) is 0 Å². The Kier molecular flexibility index (Phi) is 3.16. The minimum Gasteiger partial charge on any atom is -0.314 e. The van der Waals surface area contributed by atoms with Gasteiger partial charge in [-0.05, 0) is 13.3 Å². The van der Waals surface area contributed by atoms with Crippen LogP contribution in [-0.4, -0.2) is 37.1 Å². The standard InChI is InChI=1S/C8H17N2/c1-3-8(2)10-6-4-9-5-7-10/h8-9H,1,3-7H2,2H3. The molecule has 0 aromatic heterocycles. The van der Waals surface area contributed by atoms with Gasteiger partial charge in [-0.15, -0.1) is 0 Å². The molecule has 1 fully saturated rings. The van der Waals surface area contributed by atoms with Gasteiger partial charge in [-0.2, -0.15) is 0 Å². The van der Waals surface area contributed by atoms with Crippen molar-refractivity contribution >= 4 is 0 Å². The van der Waals surface area contributed by atoms with E-state index >= 15 is 0 Å². The van der Waals surface area contributed by atoms with Crippen LogP contribution in [0.1, 0.15) is 13.3 Å². The largest absolute Gasteiger partial charge is 0.314 e. The molecule has 0 aromatic carbocycles. The number of rotatable bonds is 2. The molecule has 2 nitrogen and oxygen atoms in total. The van der Waals surface area contributed by atoms with Crippen molar-refractivity contribution in [1.29, 1.82) is 0 Å². The molecule has 1 aliphatic heterocycles. The molecule has 1 unspecified atom stereocenters. The van der Waals surface area contributed by atoms with Gasteiger partial charge >= 0.3 is 0 Å². The molecule has 1 saturated heterocycles. The van der Waals surface area contributed by atoms with Crippen LogP contribution in [0.5, 0.6) is 0 Å². The predicted octanol–water partition coefficient (Wildman–Crippen LogP) is 0.504. The third-order valence-electron chi connectivity index (χ3n) is 2.19. The zero-order valence-electron chi connectivity index (χ0n) is 6.77. The monoisotopic (exact) mass is 141 g/mol. The van der Waals surface area contributed by atoms with Crippen LogP contribution in [-0.2, 0) is 0 Å². The van der Waals surface area contributed by atoms with Gasteiger partial charge in [-0.3, -0.25) is 4.90 Å². The van der Waals surface area contributed by atoms with E-state index in [1.807, 2.05) is 0 Å². The van der Waals surface area contributed by atoms with Gasteiger partial charge in [0, 0.05) is 32.2 Å². The molecule has 0 aromatic rings. The molecule has 0 bridgehead atoms. The summed E-state index contributed by atoms with van der Waals surface area (Å²) < 4.78 is 0. The molecule has 0 amide bonds. The fourth-order valence-corrected chi connectivity index (χ4v) is 1.31. The van der Waals surface area contributed by atoms with Gasteiger partial charge in [0.1, 0.15) is 0 Å².